The highest BCUT2D eigenvalue weighted by Gasteiger charge is 2.57. The van der Waals surface area contributed by atoms with Crippen LogP contribution in [0.25, 0.3) is 0 Å². The van der Waals surface area contributed by atoms with Crippen LogP contribution < -0.4 is 4.90 Å². The monoisotopic (exact) mass is 403 g/mol. The highest BCUT2D eigenvalue weighted by Crippen LogP contribution is 2.47. The first-order chi connectivity index (χ1) is 14.6. The molecule has 0 N–H and O–H groups in total. The molecule has 1 aliphatic carbocycles. The number of carbonyl (C=O) groups is 2. The molecule has 154 valence electrons. The van der Waals surface area contributed by atoms with E-state index in [1.165, 1.54) is 5.56 Å². The second-order valence-corrected chi connectivity index (χ2v) is 8.86. The number of aromatic nitrogens is 1. The molecule has 2 aromatic rings. The fourth-order valence-electron chi connectivity index (χ4n) is 5.62. The number of carbonyl (C=O) groups excluding carboxylic acids is 2. The van der Waals surface area contributed by atoms with E-state index in [-0.39, 0.29) is 24.0 Å². The van der Waals surface area contributed by atoms with Gasteiger partial charge in [0.05, 0.1) is 11.7 Å². The van der Waals surface area contributed by atoms with Crippen LogP contribution in [0.1, 0.15) is 59.8 Å². The summed E-state index contributed by atoms with van der Waals surface area (Å²) in [7, 11) is 0. The van der Waals surface area contributed by atoms with Crippen molar-refractivity contribution in [2.75, 3.05) is 18.0 Å². The van der Waals surface area contributed by atoms with Crippen molar-refractivity contribution in [2.24, 2.45) is 0 Å². The van der Waals surface area contributed by atoms with Crippen molar-refractivity contribution in [2.45, 2.75) is 56.4 Å². The minimum Gasteiger partial charge on any atom is -0.356 e. The van der Waals surface area contributed by atoms with Crippen LogP contribution in [0.3, 0.4) is 0 Å². The molecule has 6 rings (SSSR count). The van der Waals surface area contributed by atoms with Gasteiger partial charge in [0.15, 0.2) is 11.4 Å². The van der Waals surface area contributed by atoms with E-state index in [9.17, 15) is 9.59 Å². The Morgan fingerprint density at radius 1 is 0.967 bits per heavy atom. The minimum absolute atomic E-state index is 0.0987. The van der Waals surface area contributed by atoms with Gasteiger partial charge in [-0.3, -0.25) is 9.59 Å². The van der Waals surface area contributed by atoms with Crippen LogP contribution in [0.2, 0.25) is 0 Å². The van der Waals surface area contributed by atoms with E-state index >= 15 is 0 Å². The Morgan fingerprint density at radius 2 is 1.77 bits per heavy atom. The van der Waals surface area contributed by atoms with Crippen LogP contribution in [0.15, 0.2) is 42.5 Å². The lowest BCUT2D eigenvalue weighted by molar-refractivity contribution is -0.140. The van der Waals surface area contributed by atoms with Gasteiger partial charge in [-0.15, -0.1) is 0 Å². The molecule has 1 spiro atoms. The topological polar surface area (TPSA) is 62.7 Å². The van der Waals surface area contributed by atoms with Gasteiger partial charge in [0, 0.05) is 37.9 Å². The van der Waals surface area contributed by atoms with Crippen molar-refractivity contribution >= 4 is 17.5 Å². The molecule has 0 bridgehead atoms. The molecule has 1 aromatic carbocycles. The minimum atomic E-state index is -0.693. The Bertz CT molecular complexity index is 1010. The molecule has 30 heavy (non-hydrogen) atoms. The molecule has 1 amide bonds. The SMILES string of the molecule is O=C1CCc2nc(N3CCC4(CC3)O[C@@H]3CC[C@@H](c5ccccc5)N3C4=O)ccc21. The zero-order valence-electron chi connectivity index (χ0n) is 16.9. The van der Waals surface area contributed by atoms with Gasteiger partial charge in [-0.1, -0.05) is 30.3 Å². The van der Waals surface area contributed by atoms with E-state index in [1.54, 1.807) is 0 Å². The van der Waals surface area contributed by atoms with E-state index < -0.39 is 5.60 Å². The normalized spacial score (nSPS) is 27.1. The molecule has 1 aromatic heterocycles. The lowest BCUT2D eigenvalue weighted by Crippen LogP contribution is -2.50. The number of pyridine rings is 1. The van der Waals surface area contributed by atoms with Gasteiger partial charge in [-0.2, -0.15) is 0 Å². The summed E-state index contributed by atoms with van der Waals surface area (Å²) in [6.07, 6.45) is 4.42. The van der Waals surface area contributed by atoms with E-state index in [0.29, 0.717) is 19.3 Å². The van der Waals surface area contributed by atoms with Crippen molar-refractivity contribution in [3.05, 3.63) is 59.3 Å². The van der Waals surface area contributed by atoms with Crippen molar-refractivity contribution in [1.82, 2.24) is 9.88 Å². The highest BCUT2D eigenvalue weighted by molar-refractivity contribution is 6.00. The van der Waals surface area contributed by atoms with Crippen LogP contribution in [0.5, 0.6) is 0 Å². The number of rotatable bonds is 2. The zero-order chi connectivity index (χ0) is 20.3. The molecule has 6 nitrogen and oxygen atoms in total. The molecule has 0 saturated carbocycles. The third kappa shape index (κ3) is 2.63. The summed E-state index contributed by atoms with van der Waals surface area (Å²) in [5, 5.41) is 0. The van der Waals surface area contributed by atoms with Crippen LogP contribution in [0, 0.1) is 0 Å². The number of ether oxygens (including phenoxy) is 1. The van der Waals surface area contributed by atoms with Gasteiger partial charge in [-0.25, -0.2) is 4.98 Å². The second kappa shape index (κ2) is 6.64. The Labute approximate surface area is 175 Å². The number of hydrogen-bond donors (Lipinski definition) is 0. The van der Waals surface area contributed by atoms with Crippen LogP contribution in [0.4, 0.5) is 5.82 Å². The first-order valence-corrected chi connectivity index (χ1v) is 11.0. The summed E-state index contributed by atoms with van der Waals surface area (Å²) in [5.74, 6) is 1.26. The highest BCUT2D eigenvalue weighted by atomic mass is 16.6. The number of aryl methyl sites for hydroxylation is 1. The lowest BCUT2D eigenvalue weighted by Gasteiger charge is -2.38. The van der Waals surface area contributed by atoms with Gasteiger partial charge >= 0.3 is 0 Å². The largest absolute Gasteiger partial charge is 0.356 e. The average molecular weight is 403 g/mol. The van der Waals surface area contributed by atoms with Gasteiger partial charge in [-0.05, 0) is 37.0 Å². The molecular formula is C24H25N3O3. The second-order valence-electron chi connectivity index (χ2n) is 8.86. The van der Waals surface area contributed by atoms with Gasteiger partial charge in [0.2, 0.25) is 0 Å². The van der Waals surface area contributed by atoms with E-state index in [4.69, 9.17) is 9.72 Å². The van der Waals surface area contributed by atoms with Crippen molar-refractivity contribution in [3.8, 4) is 0 Å². The maximum Gasteiger partial charge on any atom is 0.257 e. The summed E-state index contributed by atoms with van der Waals surface area (Å²) < 4.78 is 6.43. The number of ketones is 1. The molecule has 6 heteroatoms. The number of nitrogens with zero attached hydrogens (tertiary/aromatic N) is 3. The Hall–Kier alpha value is -2.73. The molecular weight excluding hydrogens is 378 g/mol. The first-order valence-electron chi connectivity index (χ1n) is 11.0. The maximum absolute atomic E-state index is 13.5. The Balaban J connectivity index is 1.19. The zero-order valence-corrected chi connectivity index (χ0v) is 16.9. The molecule has 4 heterocycles. The van der Waals surface area contributed by atoms with Crippen molar-refractivity contribution in [1.29, 1.82) is 0 Å². The number of Topliss-reactive ketones (excluding diaryl/α,β-unsaturated/α-hetero) is 1. The molecule has 3 fully saturated rings. The molecule has 3 aliphatic heterocycles. The predicted octanol–water partition coefficient (Wildman–Crippen LogP) is 3.27. The first kappa shape index (κ1) is 18.1. The van der Waals surface area contributed by atoms with Crippen LogP contribution in [-0.4, -0.2) is 46.5 Å². The third-order valence-electron chi connectivity index (χ3n) is 7.25. The fourth-order valence-corrected chi connectivity index (χ4v) is 5.62. The summed E-state index contributed by atoms with van der Waals surface area (Å²) in [6, 6.07) is 14.3. The van der Waals surface area contributed by atoms with Gasteiger partial charge < -0.3 is 14.5 Å². The molecule has 4 aliphatic rings. The number of benzene rings is 1. The predicted molar refractivity (Wildman–Crippen MR) is 111 cm³/mol. The van der Waals surface area contributed by atoms with Crippen molar-refractivity contribution in [3.63, 3.8) is 0 Å². The van der Waals surface area contributed by atoms with Crippen LogP contribution in [-0.2, 0) is 16.0 Å². The summed E-state index contributed by atoms with van der Waals surface area (Å²) in [6.45, 7) is 1.48. The van der Waals surface area contributed by atoms with Gasteiger partial charge in [0.25, 0.3) is 5.91 Å². The molecule has 3 saturated heterocycles. The molecule has 2 atom stereocenters. The third-order valence-corrected chi connectivity index (χ3v) is 7.25. The average Bonchev–Trinajstić information content (AvgIpc) is 3.44. The van der Waals surface area contributed by atoms with Crippen molar-refractivity contribution < 1.29 is 14.3 Å². The number of hydrogen-bond acceptors (Lipinski definition) is 5. The summed E-state index contributed by atoms with van der Waals surface area (Å²) in [5.41, 5.74) is 2.19. The lowest BCUT2D eigenvalue weighted by atomic mass is 9.89. The summed E-state index contributed by atoms with van der Waals surface area (Å²) in [4.78, 5) is 34.3. The number of fused-ring (bicyclic) bond motifs is 2. The fraction of sp³-hybridized carbons (Fsp3) is 0.458. The summed E-state index contributed by atoms with van der Waals surface area (Å²) >= 11 is 0. The quantitative estimate of drug-likeness (QED) is 0.770. The van der Waals surface area contributed by atoms with E-state index in [0.717, 1.165) is 49.4 Å². The number of anilines is 1. The Kier molecular flexibility index (Phi) is 4.00. The molecule has 0 radical (unpaired) electrons. The Morgan fingerprint density at radius 3 is 2.57 bits per heavy atom. The van der Waals surface area contributed by atoms with Crippen LogP contribution >= 0.6 is 0 Å². The maximum atomic E-state index is 13.5. The smallest absolute Gasteiger partial charge is 0.257 e. The number of piperidine rings is 1. The van der Waals surface area contributed by atoms with E-state index in [2.05, 4.69) is 17.0 Å². The molecule has 0 unspecified atom stereocenters. The number of amides is 1. The van der Waals surface area contributed by atoms with E-state index in [1.807, 2.05) is 35.2 Å². The standard InChI is InChI=1S/C24H25N3O3/c28-20-9-7-18-17(20)6-10-21(25-18)26-14-12-24(13-15-26)23(29)27-19(8-11-22(27)30-24)16-4-2-1-3-5-16/h1-6,10,19,22H,7-9,11-15H2/t19-,22+/m0/s1. The van der Waals surface area contributed by atoms with Gasteiger partial charge in [0.1, 0.15) is 12.0 Å².